The lowest BCUT2D eigenvalue weighted by Gasteiger charge is -2.43. The fourth-order valence-corrected chi connectivity index (χ4v) is 4.31. The number of nitrogens with zero attached hydrogens (tertiary/aromatic N) is 3. The molecule has 2 heterocycles. The Morgan fingerprint density at radius 1 is 1.27 bits per heavy atom. The van der Waals surface area contributed by atoms with Crippen LogP contribution in [-0.4, -0.2) is 56.0 Å². The molecule has 162 valence electrons. The molecule has 1 aliphatic rings. The molecule has 30 heavy (non-hydrogen) atoms. The predicted octanol–water partition coefficient (Wildman–Crippen LogP) is 2.74. The van der Waals surface area contributed by atoms with Crippen LogP contribution in [0.3, 0.4) is 0 Å². The highest BCUT2D eigenvalue weighted by Crippen LogP contribution is 2.36. The van der Waals surface area contributed by atoms with Crippen molar-refractivity contribution < 1.29 is 24.2 Å². The van der Waals surface area contributed by atoms with Crippen molar-refractivity contribution in [3.8, 4) is 0 Å². The van der Waals surface area contributed by atoms with Gasteiger partial charge in [-0.05, 0) is 58.2 Å². The van der Waals surface area contributed by atoms with Gasteiger partial charge in [0.25, 0.3) is 5.91 Å². The van der Waals surface area contributed by atoms with Gasteiger partial charge in [0.15, 0.2) is 0 Å². The van der Waals surface area contributed by atoms with Crippen LogP contribution in [0.1, 0.15) is 53.6 Å². The average Bonchev–Trinajstić information content (AvgIpc) is 2.99. The number of carbonyl (C=O) groups is 2. The summed E-state index contributed by atoms with van der Waals surface area (Å²) < 4.78 is 15.0. The SMILES string of the molecule is Cc1nn(C(C)C)c(C)c1C(=O)N1CC[C@@H](O)[C@](Cc2ccc(F)cc2)(C(=O)O)C1. The number of carbonyl (C=O) groups excluding carboxylic acids is 1. The van der Waals surface area contributed by atoms with E-state index in [9.17, 15) is 24.2 Å². The Morgan fingerprint density at radius 2 is 1.90 bits per heavy atom. The van der Waals surface area contributed by atoms with Gasteiger partial charge in [0.2, 0.25) is 0 Å². The Kier molecular flexibility index (Phi) is 5.99. The number of aryl methyl sites for hydroxylation is 1. The van der Waals surface area contributed by atoms with Crippen molar-refractivity contribution in [2.45, 2.75) is 52.7 Å². The number of hydrogen-bond donors (Lipinski definition) is 2. The van der Waals surface area contributed by atoms with E-state index in [1.54, 1.807) is 11.6 Å². The van der Waals surface area contributed by atoms with Gasteiger partial charge in [0.05, 0.1) is 17.4 Å². The maximum Gasteiger partial charge on any atom is 0.314 e. The monoisotopic (exact) mass is 417 g/mol. The largest absolute Gasteiger partial charge is 0.481 e. The lowest BCUT2D eigenvalue weighted by molar-refractivity contribution is -0.161. The second-order valence-corrected chi connectivity index (χ2v) is 8.38. The van der Waals surface area contributed by atoms with Gasteiger partial charge in [-0.2, -0.15) is 5.10 Å². The van der Waals surface area contributed by atoms with Crippen LogP contribution in [0, 0.1) is 25.1 Å². The van der Waals surface area contributed by atoms with Crippen LogP contribution in [0.25, 0.3) is 0 Å². The zero-order chi connectivity index (χ0) is 22.2. The van der Waals surface area contributed by atoms with Gasteiger partial charge in [-0.25, -0.2) is 4.39 Å². The minimum Gasteiger partial charge on any atom is -0.481 e. The van der Waals surface area contributed by atoms with Gasteiger partial charge < -0.3 is 15.1 Å². The van der Waals surface area contributed by atoms with Gasteiger partial charge in [-0.3, -0.25) is 14.3 Å². The van der Waals surface area contributed by atoms with Crippen LogP contribution in [0.2, 0.25) is 0 Å². The van der Waals surface area contributed by atoms with Crippen molar-refractivity contribution in [3.05, 3.63) is 52.6 Å². The minimum absolute atomic E-state index is 0.00319. The molecule has 0 bridgehead atoms. The molecular weight excluding hydrogens is 389 g/mol. The maximum atomic E-state index is 13.3. The molecular formula is C22H28FN3O4. The molecule has 0 unspecified atom stereocenters. The van der Waals surface area contributed by atoms with Gasteiger partial charge in [-0.15, -0.1) is 0 Å². The lowest BCUT2D eigenvalue weighted by Crippen LogP contribution is -2.58. The molecule has 3 rings (SSSR count). The summed E-state index contributed by atoms with van der Waals surface area (Å²) in [6.07, 6.45) is -0.975. The third kappa shape index (κ3) is 3.84. The Morgan fingerprint density at radius 3 is 2.43 bits per heavy atom. The number of carboxylic acids is 1. The molecule has 8 heteroatoms. The summed E-state index contributed by atoms with van der Waals surface area (Å²) in [5.74, 6) is -1.88. The van der Waals surface area contributed by atoms with E-state index in [2.05, 4.69) is 5.10 Å². The molecule has 1 aromatic heterocycles. The van der Waals surface area contributed by atoms with Crippen LogP contribution in [0.5, 0.6) is 0 Å². The van der Waals surface area contributed by atoms with Crippen LogP contribution >= 0.6 is 0 Å². The third-order valence-corrected chi connectivity index (χ3v) is 5.96. The molecule has 1 amide bonds. The molecule has 1 aromatic carbocycles. The van der Waals surface area contributed by atoms with Crippen LogP contribution < -0.4 is 0 Å². The van der Waals surface area contributed by atoms with Gasteiger partial charge in [0.1, 0.15) is 11.2 Å². The number of aromatic nitrogens is 2. The summed E-state index contributed by atoms with van der Waals surface area (Å²) in [5, 5.41) is 25.2. The zero-order valence-electron chi connectivity index (χ0n) is 17.7. The quantitative estimate of drug-likeness (QED) is 0.780. The Hall–Kier alpha value is -2.74. The summed E-state index contributed by atoms with van der Waals surface area (Å²) in [4.78, 5) is 27.1. The summed E-state index contributed by atoms with van der Waals surface area (Å²) in [6.45, 7) is 7.66. The van der Waals surface area contributed by atoms with Crippen molar-refractivity contribution in [3.63, 3.8) is 0 Å². The summed E-state index contributed by atoms with van der Waals surface area (Å²) in [6, 6.07) is 5.62. The summed E-state index contributed by atoms with van der Waals surface area (Å²) in [5.41, 5.74) is 0.824. The first-order valence-electron chi connectivity index (χ1n) is 10.1. The maximum absolute atomic E-state index is 13.3. The van der Waals surface area contributed by atoms with Crippen LogP contribution in [0.4, 0.5) is 4.39 Å². The number of aliphatic hydroxyl groups excluding tert-OH is 1. The number of likely N-dealkylation sites (tertiary alicyclic amines) is 1. The van der Waals surface area contributed by atoms with Crippen molar-refractivity contribution in [2.75, 3.05) is 13.1 Å². The first kappa shape index (κ1) is 22.0. The average molecular weight is 417 g/mol. The number of carboxylic acid groups (broad SMARTS) is 1. The summed E-state index contributed by atoms with van der Waals surface area (Å²) in [7, 11) is 0. The first-order valence-corrected chi connectivity index (χ1v) is 10.1. The molecule has 0 aliphatic carbocycles. The number of hydrogen-bond acceptors (Lipinski definition) is 4. The van der Waals surface area contributed by atoms with E-state index >= 15 is 0 Å². The molecule has 0 spiro atoms. The van der Waals surface area contributed by atoms with Gasteiger partial charge in [0, 0.05) is 24.8 Å². The standard InChI is InChI=1S/C22H28FN3O4/c1-13(2)26-15(4)19(14(3)24-26)20(28)25-10-9-18(27)22(12-25,21(29)30)11-16-5-7-17(23)8-6-16/h5-8,13,18,27H,9-12H2,1-4H3,(H,29,30)/t18-,22-/m1/s1. The zero-order valence-corrected chi connectivity index (χ0v) is 17.7. The van der Waals surface area contributed by atoms with E-state index in [-0.39, 0.29) is 37.9 Å². The van der Waals surface area contributed by atoms with Crippen molar-refractivity contribution in [1.82, 2.24) is 14.7 Å². The molecule has 7 nitrogen and oxygen atoms in total. The molecule has 2 aromatic rings. The highest BCUT2D eigenvalue weighted by Gasteiger charge is 2.50. The van der Waals surface area contributed by atoms with Gasteiger partial charge in [-0.1, -0.05) is 12.1 Å². The van der Waals surface area contributed by atoms with Crippen LogP contribution in [0.15, 0.2) is 24.3 Å². The number of rotatable bonds is 5. The molecule has 1 saturated heterocycles. The Balaban J connectivity index is 1.94. The van der Waals surface area contributed by atoms with E-state index in [4.69, 9.17) is 0 Å². The number of halogens is 1. The number of amides is 1. The van der Waals surface area contributed by atoms with Crippen LogP contribution in [-0.2, 0) is 11.2 Å². The molecule has 2 atom stereocenters. The third-order valence-electron chi connectivity index (χ3n) is 5.96. The van der Waals surface area contributed by atoms with E-state index in [1.165, 1.54) is 29.2 Å². The lowest BCUT2D eigenvalue weighted by atomic mass is 9.72. The predicted molar refractivity (Wildman–Crippen MR) is 109 cm³/mol. The number of piperidine rings is 1. The number of aliphatic carboxylic acids is 1. The molecule has 2 N–H and O–H groups in total. The molecule has 0 saturated carbocycles. The molecule has 1 aliphatic heterocycles. The minimum atomic E-state index is -1.57. The normalized spacial score (nSPS) is 21.8. The second-order valence-electron chi connectivity index (χ2n) is 8.38. The topological polar surface area (TPSA) is 95.7 Å². The second kappa shape index (κ2) is 8.18. The van der Waals surface area contributed by atoms with Crippen molar-refractivity contribution in [2.24, 2.45) is 5.41 Å². The van der Waals surface area contributed by atoms with Crippen molar-refractivity contribution >= 4 is 11.9 Å². The van der Waals surface area contributed by atoms with E-state index in [0.717, 1.165) is 5.69 Å². The fourth-order valence-electron chi connectivity index (χ4n) is 4.31. The smallest absolute Gasteiger partial charge is 0.314 e. The Labute approximate surface area is 175 Å². The molecule has 0 radical (unpaired) electrons. The van der Waals surface area contributed by atoms with E-state index < -0.39 is 23.3 Å². The molecule has 1 fully saturated rings. The summed E-state index contributed by atoms with van der Waals surface area (Å²) >= 11 is 0. The van der Waals surface area contributed by atoms with E-state index in [1.807, 2.05) is 20.8 Å². The fraction of sp³-hybridized carbons (Fsp3) is 0.500. The highest BCUT2D eigenvalue weighted by atomic mass is 19.1. The van der Waals surface area contributed by atoms with E-state index in [0.29, 0.717) is 16.8 Å². The number of aliphatic hydroxyl groups is 1. The van der Waals surface area contributed by atoms with Gasteiger partial charge >= 0.3 is 5.97 Å². The Bertz CT molecular complexity index is 954. The highest BCUT2D eigenvalue weighted by molar-refractivity contribution is 5.97. The van der Waals surface area contributed by atoms with Crippen molar-refractivity contribution in [1.29, 1.82) is 0 Å². The first-order chi connectivity index (χ1) is 14.1. The number of benzene rings is 1.